The fourth-order valence-electron chi connectivity index (χ4n) is 2.34. The van der Waals surface area contributed by atoms with E-state index in [1.54, 1.807) is 30.3 Å². The zero-order valence-corrected chi connectivity index (χ0v) is 11.8. The molecule has 0 aromatic heterocycles. The first-order chi connectivity index (χ1) is 10.2. The standard InChI is InChI=1S/C18H11ClO2/c19-18(21)16-8-4-3-7-15(16)17(20)14-10-9-12-5-1-2-6-13(12)11-14/h1-11H. The van der Waals surface area contributed by atoms with E-state index in [9.17, 15) is 9.59 Å². The Morgan fingerprint density at radius 3 is 2.05 bits per heavy atom. The number of hydrogen-bond donors (Lipinski definition) is 0. The van der Waals surface area contributed by atoms with Gasteiger partial charge in [-0.15, -0.1) is 0 Å². The largest absolute Gasteiger partial charge is 0.289 e. The van der Waals surface area contributed by atoms with Gasteiger partial charge in [-0.2, -0.15) is 0 Å². The van der Waals surface area contributed by atoms with Gasteiger partial charge in [-0.05, 0) is 34.5 Å². The Hall–Kier alpha value is -2.45. The van der Waals surface area contributed by atoms with E-state index < -0.39 is 5.24 Å². The molecule has 0 unspecified atom stereocenters. The predicted octanol–water partition coefficient (Wildman–Crippen LogP) is 4.45. The van der Waals surface area contributed by atoms with E-state index in [-0.39, 0.29) is 11.3 Å². The molecule has 2 nitrogen and oxygen atoms in total. The molecule has 3 aromatic rings. The molecule has 0 radical (unpaired) electrons. The third kappa shape index (κ3) is 2.58. The number of carbonyl (C=O) groups is 2. The van der Waals surface area contributed by atoms with Gasteiger partial charge in [0.25, 0.3) is 5.24 Å². The molecule has 0 aliphatic carbocycles. The Balaban J connectivity index is 2.10. The van der Waals surface area contributed by atoms with Crippen LogP contribution in [-0.4, -0.2) is 11.0 Å². The summed E-state index contributed by atoms with van der Waals surface area (Å²) in [6.07, 6.45) is 0. The average Bonchev–Trinajstić information content (AvgIpc) is 2.53. The van der Waals surface area contributed by atoms with Crippen molar-refractivity contribution in [3.05, 3.63) is 83.4 Å². The maximum Gasteiger partial charge on any atom is 0.253 e. The van der Waals surface area contributed by atoms with Crippen molar-refractivity contribution in [2.45, 2.75) is 0 Å². The second-order valence-electron chi connectivity index (χ2n) is 4.71. The summed E-state index contributed by atoms with van der Waals surface area (Å²) in [7, 11) is 0. The highest BCUT2D eigenvalue weighted by atomic mass is 35.5. The van der Waals surface area contributed by atoms with Gasteiger partial charge < -0.3 is 0 Å². The molecule has 0 aliphatic rings. The van der Waals surface area contributed by atoms with Crippen LogP contribution in [-0.2, 0) is 0 Å². The highest BCUT2D eigenvalue weighted by Crippen LogP contribution is 2.20. The molecule has 102 valence electrons. The van der Waals surface area contributed by atoms with Crippen molar-refractivity contribution in [1.29, 1.82) is 0 Å². The van der Waals surface area contributed by atoms with Crippen LogP contribution in [0.5, 0.6) is 0 Å². The van der Waals surface area contributed by atoms with Crippen molar-refractivity contribution in [2.75, 3.05) is 0 Å². The third-order valence-corrected chi connectivity index (χ3v) is 3.60. The lowest BCUT2D eigenvalue weighted by Crippen LogP contribution is -2.07. The number of fused-ring (bicyclic) bond motifs is 1. The first kappa shape index (κ1) is 13.5. The van der Waals surface area contributed by atoms with Gasteiger partial charge in [0.15, 0.2) is 5.78 Å². The number of benzene rings is 3. The Morgan fingerprint density at radius 2 is 1.33 bits per heavy atom. The summed E-state index contributed by atoms with van der Waals surface area (Å²) in [6.45, 7) is 0. The molecule has 0 aliphatic heterocycles. The molecule has 0 saturated heterocycles. The van der Waals surface area contributed by atoms with Crippen LogP contribution in [0.15, 0.2) is 66.7 Å². The van der Waals surface area contributed by atoms with Gasteiger partial charge in [-0.3, -0.25) is 9.59 Å². The first-order valence-corrected chi connectivity index (χ1v) is 6.87. The fraction of sp³-hybridized carbons (Fsp3) is 0. The van der Waals surface area contributed by atoms with Gasteiger partial charge in [0.1, 0.15) is 0 Å². The first-order valence-electron chi connectivity index (χ1n) is 6.49. The van der Waals surface area contributed by atoms with Gasteiger partial charge in [-0.1, -0.05) is 54.6 Å². The maximum atomic E-state index is 12.6. The van der Waals surface area contributed by atoms with Gasteiger partial charge >= 0.3 is 0 Å². The lowest BCUT2D eigenvalue weighted by Gasteiger charge is -2.06. The summed E-state index contributed by atoms with van der Waals surface area (Å²) < 4.78 is 0. The third-order valence-electron chi connectivity index (χ3n) is 3.40. The van der Waals surface area contributed by atoms with Crippen LogP contribution in [0.2, 0.25) is 0 Å². The van der Waals surface area contributed by atoms with E-state index in [1.807, 2.05) is 36.4 Å². The topological polar surface area (TPSA) is 34.1 Å². The number of hydrogen-bond acceptors (Lipinski definition) is 2. The average molecular weight is 295 g/mol. The van der Waals surface area contributed by atoms with E-state index in [0.29, 0.717) is 11.1 Å². The van der Waals surface area contributed by atoms with Crippen LogP contribution in [0.1, 0.15) is 26.3 Å². The quantitative estimate of drug-likeness (QED) is 0.528. The minimum atomic E-state index is -0.625. The van der Waals surface area contributed by atoms with E-state index >= 15 is 0 Å². The molecular weight excluding hydrogens is 284 g/mol. The van der Waals surface area contributed by atoms with Gasteiger partial charge in [0.2, 0.25) is 0 Å². The molecular formula is C18H11ClO2. The van der Waals surface area contributed by atoms with Crippen LogP contribution < -0.4 is 0 Å². The SMILES string of the molecule is O=C(Cl)c1ccccc1C(=O)c1ccc2ccccc2c1. The Kier molecular flexibility index (Phi) is 3.55. The van der Waals surface area contributed by atoms with Crippen LogP contribution in [0.3, 0.4) is 0 Å². The van der Waals surface area contributed by atoms with Crippen molar-refractivity contribution in [1.82, 2.24) is 0 Å². The molecule has 0 saturated carbocycles. The summed E-state index contributed by atoms with van der Waals surface area (Å²) in [5.41, 5.74) is 1.10. The molecule has 0 fully saturated rings. The Bertz CT molecular complexity index is 852. The highest BCUT2D eigenvalue weighted by molar-refractivity contribution is 6.68. The predicted molar refractivity (Wildman–Crippen MR) is 84.0 cm³/mol. The van der Waals surface area contributed by atoms with Crippen molar-refractivity contribution in [3.63, 3.8) is 0 Å². The molecule has 0 spiro atoms. The molecule has 0 bridgehead atoms. The number of halogens is 1. The zero-order chi connectivity index (χ0) is 14.8. The molecule has 21 heavy (non-hydrogen) atoms. The normalized spacial score (nSPS) is 10.5. The van der Waals surface area contributed by atoms with Crippen molar-refractivity contribution >= 4 is 33.4 Å². The highest BCUT2D eigenvalue weighted by Gasteiger charge is 2.16. The van der Waals surface area contributed by atoms with Gasteiger partial charge in [-0.25, -0.2) is 0 Å². The Labute approximate surface area is 127 Å². The molecule has 0 N–H and O–H groups in total. The van der Waals surface area contributed by atoms with E-state index in [2.05, 4.69) is 0 Å². The second-order valence-corrected chi connectivity index (χ2v) is 5.05. The summed E-state index contributed by atoms with van der Waals surface area (Å²) in [6, 6.07) is 19.9. The van der Waals surface area contributed by atoms with Crippen molar-refractivity contribution in [2.24, 2.45) is 0 Å². The van der Waals surface area contributed by atoms with Crippen LogP contribution in [0.4, 0.5) is 0 Å². The fourth-order valence-corrected chi connectivity index (χ4v) is 2.50. The lowest BCUT2D eigenvalue weighted by atomic mass is 9.97. The molecule has 3 heteroatoms. The number of carbonyl (C=O) groups excluding carboxylic acids is 2. The minimum absolute atomic E-state index is 0.203. The van der Waals surface area contributed by atoms with E-state index in [1.165, 1.54) is 0 Å². The molecule has 0 amide bonds. The molecule has 3 rings (SSSR count). The van der Waals surface area contributed by atoms with Crippen molar-refractivity contribution in [3.8, 4) is 0 Å². The van der Waals surface area contributed by atoms with Gasteiger partial charge in [0, 0.05) is 16.7 Å². The Morgan fingerprint density at radius 1 is 0.714 bits per heavy atom. The van der Waals surface area contributed by atoms with Gasteiger partial charge in [0.05, 0.1) is 0 Å². The minimum Gasteiger partial charge on any atom is -0.289 e. The molecule has 0 atom stereocenters. The maximum absolute atomic E-state index is 12.6. The van der Waals surface area contributed by atoms with Crippen molar-refractivity contribution < 1.29 is 9.59 Å². The van der Waals surface area contributed by atoms with Crippen LogP contribution >= 0.6 is 11.6 Å². The summed E-state index contributed by atoms with van der Waals surface area (Å²) in [5.74, 6) is -0.203. The number of ketones is 1. The van der Waals surface area contributed by atoms with E-state index in [4.69, 9.17) is 11.6 Å². The summed E-state index contributed by atoms with van der Waals surface area (Å²) in [4.78, 5) is 24.0. The second kappa shape index (κ2) is 5.51. The summed E-state index contributed by atoms with van der Waals surface area (Å²) >= 11 is 5.54. The van der Waals surface area contributed by atoms with Crippen LogP contribution in [0.25, 0.3) is 10.8 Å². The monoisotopic (exact) mass is 294 g/mol. The number of rotatable bonds is 3. The lowest BCUT2D eigenvalue weighted by molar-refractivity contribution is 0.102. The molecule has 0 heterocycles. The smallest absolute Gasteiger partial charge is 0.253 e. The zero-order valence-electron chi connectivity index (χ0n) is 11.0. The van der Waals surface area contributed by atoms with E-state index in [0.717, 1.165) is 10.8 Å². The summed E-state index contributed by atoms with van der Waals surface area (Å²) in [5, 5.41) is 1.42. The molecule has 3 aromatic carbocycles. The van der Waals surface area contributed by atoms with Crippen LogP contribution in [0, 0.1) is 0 Å².